The molecule has 36 heavy (non-hydrogen) atoms. The van der Waals surface area contributed by atoms with Crippen LogP contribution in [0.25, 0.3) is 0 Å². The topological polar surface area (TPSA) is 68.3 Å². The fraction of sp³-hybridized carbons (Fsp3) is 0.407. The molecular weight excluding hydrogens is 469 g/mol. The lowest BCUT2D eigenvalue weighted by atomic mass is 10.2. The van der Waals surface area contributed by atoms with Gasteiger partial charge in [0.05, 0.1) is 13.2 Å². The standard InChI is InChI=1S/C27H33F3N4O2/c1-3-5-7-8-18-36-23-13-9-20(10-14-23)32-25-24(27(28,29)30)19-31-26(34-25)33-21-11-15-22(16-12-21)35-17-6-4-2/h9-16,19H,3-8,17-18H2,1-2H3,(H2,31,32,33,34). The first-order chi connectivity index (χ1) is 17.4. The first kappa shape index (κ1) is 27.1. The molecule has 3 aromatic rings. The summed E-state index contributed by atoms with van der Waals surface area (Å²) in [6.07, 6.45) is 2.56. The van der Waals surface area contributed by atoms with E-state index < -0.39 is 11.7 Å². The predicted molar refractivity (Wildman–Crippen MR) is 137 cm³/mol. The number of alkyl halides is 3. The van der Waals surface area contributed by atoms with Crippen molar-refractivity contribution >= 4 is 23.1 Å². The van der Waals surface area contributed by atoms with Crippen molar-refractivity contribution in [2.24, 2.45) is 0 Å². The number of ether oxygens (including phenoxy) is 2. The second-order valence-corrected chi connectivity index (χ2v) is 8.36. The Balaban J connectivity index is 1.68. The average molecular weight is 503 g/mol. The van der Waals surface area contributed by atoms with Crippen LogP contribution in [0.2, 0.25) is 0 Å². The zero-order chi connectivity index (χ0) is 25.8. The minimum atomic E-state index is -4.61. The molecule has 0 bridgehead atoms. The first-order valence-electron chi connectivity index (χ1n) is 12.3. The molecule has 6 nitrogen and oxygen atoms in total. The van der Waals surface area contributed by atoms with Gasteiger partial charge in [0, 0.05) is 17.6 Å². The molecule has 0 aliphatic rings. The van der Waals surface area contributed by atoms with Gasteiger partial charge in [-0.3, -0.25) is 0 Å². The Hall–Kier alpha value is -3.49. The number of hydrogen-bond donors (Lipinski definition) is 2. The highest BCUT2D eigenvalue weighted by molar-refractivity contribution is 5.63. The number of aromatic nitrogens is 2. The first-order valence-corrected chi connectivity index (χ1v) is 12.3. The second kappa shape index (κ2) is 13.6. The molecule has 0 radical (unpaired) electrons. The summed E-state index contributed by atoms with van der Waals surface area (Å²) in [5.41, 5.74) is 0.130. The Labute approximate surface area is 210 Å². The molecule has 3 rings (SSSR count). The van der Waals surface area contributed by atoms with Crippen molar-refractivity contribution < 1.29 is 22.6 Å². The van der Waals surface area contributed by atoms with E-state index in [0.717, 1.165) is 44.1 Å². The van der Waals surface area contributed by atoms with E-state index in [1.807, 2.05) is 0 Å². The summed E-state index contributed by atoms with van der Waals surface area (Å²) in [4.78, 5) is 7.96. The van der Waals surface area contributed by atoms with Crippen LogP contribution >= 0.6 is 0 Å². The zero-order valence-corrected chi connectivity index (χ0v) is 20.7. The minimum Gasteiger partial charge on any atom is -0.494 e. The molecule has 0 amide bonds. The van der Waals surface area contributed by atoms with Crippen molar-refractivity contribution in [1.29, 1.82) is 0 Å². The predicted octanol–water partition coefficient (Wildman–Crippen LogP) is 8.12. The SMILES string of the molecule is CCCCCCOc1ccc(Nc2nc(Nc3ccc(OCCCC)cc3)ncc2C(F)(F)F)cc1. The van der Waals surface area contributed by atoms with Crippen molar-refractivity contribution in [2.45, 2.75) is 58.5 Å². The van der Waals surface area contributed by atoms with Crippen molar-refractivity contribution in [2.75, 3.05) is 23.8 Å². The molecule has 9 heteroatoms. The molecule has 2 N–H and O–H groups in total. The molecule has 1 heterocycles. The fourth-order valence-corrected chi connectivity index (χ4v) is 3.33. The van der Waals surface area contributed by atoms with E-state index in [0.29, 0.717) is 30.3 Å². The van der Waals surface area contributed by atoms with Crippen LogP contribution < -0.4 is 20.1 Å². The van der Waals surface area contributed by atoms with E-state index >= 15 is 0 Å². The molecule has 2 aromatic carbocycles. The van der Waals surface area contributed by atoms with Crippen LogP contribution in [-0.2, 0) is 6.18 Å². The number of nitrogens with one attached hydrogen (secondary N) is 2. The van der Waals surface area contributed by atoms with Gasteiger partial charge in [0.15, 0.2) is 0 Å². The maximum Gasteiger partial charge on any atom is 0.421 e. The minimum absolute atomic E-state index is 0.0391. The Morgan fingerprint density at radius 1 is 0.722 bits per heavy atom. The van der Waals surface area contributed by atoms with E-state index in [2.05, 4.69) is 34.4 Å². The van der Waals surface area contributed by atoms with Crippen LogP contribution in [-0.4, -0.2) is 23.2 Å². The van der Waals surface area contributed by atoms with E-state index in [9.17, 15) is 13.2 Å². The highest BCUT2D eigenvalue weighted by atomic mass is 19.4. The summed E-state index contributed by atoms with van der Waals surface area (Å²) in [6, 6.07) is 13.9. The van der Waals surface area contributed by atoms with Gasteiger partial charge >= 0.3 is 6.18 Å². The average Bonchev–Trinajstić information content (AvgIpc) is 2.86. The summed E-state index contributed by atoms with van der Waals surface area (Å²) in [5, 5.41) is 5.71. The van der Waals surface area contributed by atoms with E-state index in [-0.39, 0.29) is 11.8 Å². The maximum absolute atomic E-state index is 13.6. The summed E-state index contributed by atoms with van der Waals surface area (Å²) < 4.78 is 52.1. The van der Waals surface area contributed by atoms with E-state index in [4.69, 9.17) is 9.47 Å². The molecule has 0 fully saturated rings. The lowest BCUT2D eigenvalue weighted by molar-refractivity contribution is -0.137. The van der Waals surface area contributed by atoms with Gasteiger partial charge in [-0.25, -0.2) is 4.98 Å². The number of benzene rings is 2. The Morgan fingerprint density at radius 2 is 1.28 bits per heavy atom. The van der Waals surface area contributed by atoms with Crippen LogP contribution in [0.5, 0.6) is 11.5 Å². The molecule has 0 atom stereocenters. The van der Waals surface area contributed by atoms with Gasteiger partial charge in [0.2, 0.25) is 5.95 Å². The van der Waals surface area contributed by atoms with E-state index in [1.54, 1.807) is 48.5 Å². The highest BCUT2D eigenvalue weighted by Crippen LogP contribution is 2.35. The normalized spacial score (nSPS) is 11.2. The highest BCUT2D eigenvalue weighted by Gasteiger charge is 2.35. The third-order valence-corrected chi connectivity index (χ3v) is 5.35. The summed E-state index contributed by atoms with van der Waals surface area (Å²) in [6.45, 7) is 5.48. The van der Waals surface area contributed by atoms with Crippen molar-refractivity contribution in [3.05, 3.63) is 60.3 Å². The monoisotopic (exact) mass is 502 g/mol. The lowest BCUT2D eigenvalue weighted by Crippen LogP contribution is -2.12. The number of anilines is 4. The molecule has 0 saturated carbocycles. The van der Waals surface area contributed by atoms with E-state index in [1.165, 1.54) is 6.42 Å². The Morgan fingerprint density at radius 3 is 1.83 bits per heavy atom. The summed E-state index contributed by atoms with van der Waals surface area (Å²) in [5.74, 6) is 1.09. The quantitative estimate of drug-likeness (QED) is 0.217. The summed E-state index contributed by atoms with van der Waals surface area (Å²) in [7, 11) is 0. The van der Waals surface area contributed by atoms with Crippen molar-refractivity contribution in [3.63, 3.8) is 0 Å². The smallest absolute Gasteiger partial charge is 0.421 e. The molecular formula is C27H33F3N4O2. The molecule has 1 aromatic heterocycles. The molecule has 0 unspecified atom stereocenters. The second-order valence-electron chi connectivity index (χ2n) is 8.36. The largest absolute Gasteiger partial charge is 0.494 e. The number of rotatable bonds is 14. The number of halogens is 3. The van der Waals surface area contributed by atoms with Gasteiger partial charge < -0.3 is 20.1 Å². The molecule has 0 aliphatic heterocycles. The van der Waals surface area contributed by atoms with Crippen LogP contribution in [0.15, 0.2) is 54.7 Å². The maximum atomic E-state index is 13.6. The number of unbranched alkanes of at least 4 members (excludes halogenated alkanes) is 4. The Bertz CT molecular complexity index is 1060. The third-order valence-electron chi connectivity index (χ3n) is 5.35. The van der Waals surface area contributed by atoms with Crippen LogP contribution in [0, 0.1) is 0 Å². The van der Waals surface area contributed by atoms with Crippen LogP contribution in [0.4, 0.5) is 36.3 Å². The van der Waals surface area contributed by atoms with Crippen molar-refractivity contribution in [3.8, 4) is 11.5 Å². The van der Waals surface area contributed by atoms with Gasteiger partial charge in [-0.05, 0) is 61.4 Å². The van der Waals surface area contributed by atoms with Gasteiger partial charge in [-0.15, -0.1) is 0 Å². The number of nitrogens with zero attached hydrogens (tertiary/aromatic N) is 2. The third kappa shape index (κ3) is 8.62. The molecule has 194 valence electrons. The lowest BCUT2D eigenvalue weighted by Gasteiger charge is -2.15. The van der Waals surface area contributed by atoms with Crippen molar-refractivity contribution in [1.82, 2.24) is 9.97 Å². The Kier molecular flexibility index (Phi) is 10.2. The molecule has 0 saturated heterocycles. The summed E-state index contributed by atoms with van der Waals surface area (Å²) >= 11 is 0. The van der Waals surface area contributed by atoms with Gasteiger partial charge in [0.1, 0.15) is 22.9 Å². The van der Waals surface area contributed by atoms with Gasteiger partial charge in [-0.2, -0.15) is 18.2 Å². The van der Waals surface area contributed by atoms with Gasteiger partial charge in [-0.1, -0.05) is 39.5 Å². The number of hydrogen-bond acceptors (Lipinski definition) is 6. The molecule has 0 spiro atoms. The van der Waals surface area contributed by atoms with Gasteiger partial charge in [0.25, 0.3) is 0 Å². The van der Waals surface area contributed by atoms with Crippen LogP contribution in [0.3, 0.4) is 0 Å². The molecule has 0 aliphatic carbocycles. The van der Waals surface area contributed by atoms with Crippen LogP contribution in [0.1, 0.15) is 57.9 Å². The fourth-order valence-electron chi connectivity index (χ4n) is 3.33. The zero-order valence-electron chi connectivity index (χ0n) is 20.7.